The summed E-state index contributed by atoms with van der Waals surface area (Å²) in [6.45, 7) is 3.13. The molecule has 1 amide bonds. The van der Waals surface area contributed by atoms with Gasteiger partial charge in [-0.15, -0.1) is 0 Å². The van der Waals surface area contributed by atoms with E-state index in [4.69, 9.17) is 0 Å². The van der Waals surface area contributed by atoms with E-state index in [-0.39, 0.29) is 5.91 Å². The zero-order valence-electron chi connectivity index (χ0n) is 15.6. The summed E-state index contributed by atoms with van der Waals surface area (Å²) < 4.78 is 0. The molecule has 1 aliphatic rings. The summed E-state index contributed by atoms with van der Waals surface area (Å²) >= 11 is 0. The number of carbonyl (C=O) groups excluding carboxylic acids is 1. The fraction of sp³-hybridized carbons (Fsp3) is 0.435. The first-order valence-corrected chi connectivity index (χ1v) is 9.96. The molecule has 0 radical (unpaired) electrons. The molecule has 2 aromatic carbocycles. The maximum atomic E-state index is 11.9. The van der Waals surface area contributed by atoms with Crippen LogP contribution in [0.15, 0.2) is 54.6 Å². The molecule has 0 bridgehead atoms. The van der Waals surface area contributed by atoms with Gasteiger partial charge in [-0.25, -0.2) is 0 Å². The van der Waals surface area contributed by atoms with Crippen molar-refractivity contribution in [2.75, 3.05) is 24.5 Å². The minimum atomic E-state index is 0.147. The molecule has 26 heavy (non-hydrogen) atoms. The highest BCUT2D eigenvalue weighted by atomic mass is 16.1. The van der Waals surface area contributed by atoms with Gasteiger partial charge in [-0.2, -0.15) is 0 Å². The molecule has 0 atom stereocenters. The molecule has 0 aromatic heterocycles. The number of hydrogen-bond acceptors (Lipinski definition) is 2. The van der Waals surface area contributed by atoms with Crippen LogP contribution in [0.25, 0.3) is 0 Å². The Morgan fingerprint density at radius 3 is 2.27 bits per heavy atom. The number of hydrogen-bond donors (Lipinski definition) is 1. The molecule has 1 N–H and O–H groups in total. The van der Waals surface area contributed by atoms with Crippen LogP contribution in [0, 0.1) is 0 Å². The lowest BCUT2D eigenvalue weighted by Gasteiger charge is -2.28. The quantitative estimate of drug-likeness (QED) is 0.718. The van der Waals surface area contributed by atoms with Crippen LogP contribution in [-0.4, -0.2) is 25.5 Å². The van der Waals surface area contributed by atoms with E-state index in [1.54, 1.807) is 0 Å². The number of piperidine rings is 1. The lowest BCUT2D eigenvalue weighted by atomic mass is 10.1. The van der Waals surface area contributed by atoms with Crippen molar-refractivity contribution in [2.24, 2.45) is 0 Å². The Labute approximate surface area is 157 Å². The van der Waals surface area contributed by atoms with Gasteiger partial charge < -0.3 is 10.2 Å². The van der Waals surface area contributed by atoms with Crippen molar-refractivity contribution in [2.45, 2.75) is 44.9 Å². The molecule has 0 spiro atoms. The van der Waals surface area contributed by atoms with Crippen molar-refractivity contribution in [1.82, 2.24) is 5.32 Å². The smallest absolute Gasteiger partial charge is 0.220 e. The van der Waals surface area contributed by atoms with Crippen molar-refractivity contribution >= 4 is 11.6 Å². The maximum absolute atomic E-state index is 11.9. The van der Waals surface area contributed by atoms with Gasteiger partial charge in [0.1, 0.15) is 0 Å². The summed E-state index contributed by atoms with van der Waals surface area (Å²) in [6.07, 6.45) is 7.36. The second-order valence-corrected chi connectivity index (χ2v) is 7.15. The van der Waals surface area contributed by atoms with E-state index >= 15 is 0 Å². The first-order valence-electron chi connectivity index (χ1n) is 9.96. The second kappa shape index (κ2) is 10.0. The summed E-state index contributed by atoms with van der Waals surface area (Å²) in [7, 11) is 0. The molecular formula is C23H30N2O. The van der Waals surface area contributed by atoms with E-state index < -0.39 is 0 Å². The van der Waals surface area contributed by atoms with Crippen LogP contribution in [0.2, 0.25) is 0 Å². The molecule has 1 aliphatic heterocycles. The number of nitrogens with zero attached hydrogens (tertiary/aromatic N) is 1. The highest BCUT2D eigenvalue weighted by Gasteiger charge is 2.10. The van der Waals surface area contributed by atoms with Crippen molar-refractivity contribution in [1.29, 1.82) is 0 Å². The average Bonchev–Trinajstić information content (AvgIpc) is 2.71. The third kappa shape index (κ3) is 5.91. The lowest BCUT2D eigenvalue weighted by Crippen LogP contribution is -2.29. The molecule has 138 valence electrons. The van der Waals surface area contributed by atoms with Gasteiger partial charge in [0.05, 0.1) is 0 Å². The molecule has 1 saturated heterocycles. The van der Waals surface area contributed by atoms with E-state index in [0.717, 1.165) is 25.8 Å². The number of aryl methyl sites for hydroxylation is 2. The first kappa shape index (κ1) is 18.5. The maximum Gasteiger partial charge on any atom is 0.220 e. The Morgan fingerprint density at radius 2 is 1.54 bits per heavy atom. The minimum absolute atomic E-state index is 0.147. The van der Waals surface area contributed by atoms with Crippen molar-refractivity contribution in [3.8, 4) is 0 Å². The van der Waals surface area contributed by atoms with Crippen molar-refractivity contribution < 1.29 is 4.79 Å². The second-order valence-electron chi connectivity index (χ2n) is 7.15. The Bertz CT molecular complexity index is 660. The minimum Gasteiger partial charge on any atom is -0.372 e. The van der Waals surface area contributed by atoms with Gasteiger partial charge >= 0.3 is 0 Å². The number of benzene rings is 2. The standard InChI is InChI=1S/C23H30N2O/c26-23(16-13-20-8-3-1-4-9-20)24-17-7-10-21-11-14-22(15-12-21)25-18-5-2-6-19-25/h1,3-4,8-9,11-12,14-15H,2,5-7,10,13,16-19H2,(H,24,26). The highest BCUT2D eigenvalue weighted by molar-refractivity contribution is 5.76. The van der Waals surface area contributed by atoms with Crippen LogP contribution in [-0.2, 0) is 17.6 Å². The number of carbonyl (C=O) groups is 1. The third-order valence-electron chi connectivity index (χ3n) is 5.11. The van der Waals surface area contributed by atoms with Crippen LogP contribution >= 0.6 is 0 Å². The molecule has 0 aliphatic carbocycles. The average molecular weight is 351 g/mol. The van der Waals surface area contributed by atoms with Gasteiger partial charge in [0, 0.05) is 31.7 Å². The molecule has 0 unspecified atom stereocenters. The van der Waals surface area contributed by atoms with Gasteiger partial charge in [0.15, 0.2) is 0 Å². The Balaban J connectivity index is 1.32. The fourth-order valence-corrected chi connectivity index (χ4v) is 3.54. The van der Waals surface area contributed by atoms with Crippen LogP contribution in [0.3, 0.4) is 0 Å². The zero-order valence-corrected chi connectivity index (χ0v) is 15.6. The van der Waals surface area contributed by atoms with Crippen LogP contribution < -0.4 is 10.2 Å². The van der Waals surface area contributed by atoms with Crippen LogP contribution in [0.1, 0.15) is 43.2 Å². The third-order valence-corrected chi connectivity index (χ3v) is 5.11. The topological polar surface area (TPSA) is 32.3 Å². The van der Waals surface area contributed by atoms with Gasteiger partial charge in [-0.1, -0.05) is 42.5 Å². The molecule has 2 aromatic rings. The summed E-state index contributed by atoms with van der Waals surface area (Å²) in [5.41, 5.74) is 3.92. The van der Waals surface area contributed by atoms with Gasteiger partial charge in [-0.3, -0.25) is 4.79 Å². The highest BCUT2D eigenvalue weighted by Crippen LogP contribution is 2.20. The molecule has 3 nitrogen and oxygen atoms in total. The van der Waals surface area contributed by atoms with Gasteiger partial charge in [-0.05, 0) is 61.8 Å². The van der Waals surface area contributed by atoms with Crippen molar-refractivity contribution in [3.05, 3.63) is 65.7 Å². The molecular weight excluding hydrogens is 320 g/mol. The summed E-state index contributed by atoms with van der Waals surface area (Å²) in [5.74, 6) is 0.147. The van der Waals surface area contributed by atoms with Gasteiger partial charge in [0.25, 0.3) is 0 Å². The number of nitrogens with one attached hydrogen (secondary N) is 1. The Hall–Kier alpha value is -2.29. The molecule has 3 rings (SSSR count). The Morgan fingerprint density at radius 1 is 0.846 bits per heavy atom. The number of anilines is 1. The summed E-state index contributed by atoms with van der Waals surface area (Å²) in [4.78, 5) is 14.4. The van der Waals surface area contributed by atoms with E-state index in [9.17, 15) is 4.79 Å². The number of amides is 1. The predicted octanol–water partition coefficient (Wildman–Crippen LogP) is 4.36. The molecule has 1 fully saturated rings. The van der Waals surface area contributed by atoms with Crippen LogP contribution in [0.5, 0.6) is 0 Å². The molecule has 0 saturated carbocycles. The Kier molecular flexibility index (Phi) is 7.12. The SMILES string of the molecule is O=C(CCc1ccccc1)NCCCc1ccc(N2CCCCC2)cc1. The predicted molar refractivity (Wildman–Crippen MR) is 109 cm³/mol. The summed E-state index contributed by atoms with van der Waals surface area (Å²) in [6, 6.07) is 19.2. The molecule has 3 heteroatoms. The van der Waals surface area contributed by atoms with Gasteiger partial charge in [0.2, 0.25) is 5.91 Å². The molecule has 1 heterocycles. The van der Waals surface area contributed by atoms with Crippen molar-refractivity contribution in [3.63, 3.8) is 0 Å². The monoisotopic (exact) mass is 350 g/mol. The van der Waals surface area contributed by atoms with Crippen LogP contribution in [0.4, 0.5) is 5.69 Å². The first-order chi connectivity index (χ1) is 12.8. The normalized spacial score (nSPS) is 14.2. The summed E-state index contributed by atoms with van der Waals surface area (Å²) in [5, 5.41) is 3.04. The van der Waals surface area contributed by atoms with E-state index in [1.165, 1.54) is 49.2 Å². The van der Waals surface area contributed by atoms with E-state index in [0.29, 0.717) is 6.42 Å². The number of rotatable bonds is 8. The fourth-order valence-electron chi connectivity index (χ4n) is 3.54. The lowest BCUT2D eigenvalue weighted by molar-refractivity contribution is -0.121. The van der Waals surface area contributed by atoms with E-state index in [2.05, 4.69) is 46.6 Å². The zero-order chi connectivity index (χ0) is 18.0. The largest absolute Gasteiger partial charge is 0.372 e. The van der Waals surface area contributed by atoms with E-state index in [1.807, 2.05) is 18.2 Å².